The Labute approximate surface area is 102 Å². The zero-order chi connectivity index (χ0) is 10.8. The third-order valence-corrected chi connectivity index (χ3v) is 3.19. The van der Waals surface area contributed by atoms with Gasteiger partial charge in [0, 0.05) is 16.5 Å². The van der Waals surface area contributed by atoms with Gasteiger partial charge in [-0.25, -0.2) is 4.39 Å². The molecule has 1 fully saturated rings. The Morgan fingerprint density at radius 3 is 2.80 bits per heavy atom. The van der Waals surface area contributed by atoms with Gasteiger partial charge in [-0.3, -0.25) is 4.79 Å². The van der Waals surface area contributed by atoms with Gasteiger partial charge in [-0.05, 0) is 53.6 Å². The molecule has 1 aliphatic heterocycles. The van der Waals surface area contributed by atoms with Gasteiger partial charge in [0.05, 0.1) is 5.69 Å². The molecule has 0 N–H and O–H groups in total. The van der Waals surface area contributed by atoms with E-state index in [0.29, 0.717) is 18.7 Å². The molecule has 2 rings (SSSR count). The number of hydrogen-bond donors (Lipinski definition) is 0. The van der Waals surface area contributed by atoms with Gasteiger partial charge in [0.25, 0.3) is 0 Å². The van der Waals surface area contributed by atoms with Crippen molar-refractivity contribution in [2.24, 2.45) is 0 Å². The van der Waals surface area contributed by atoms with E-state index in [9.17, 15) is 9.18 Å². The summed E-state index contributed by atoms with van der Waals surface area (Å²) in [6, 6.07) is 4.96. The first-order valence-electron chi connectivity index (χ1n) is 4.94. The number of benzene rings is 1. The first kappa shape index (κ1) is 10.9. The van der Waals surface area contributed by atoms with Gasteiger partial charge in [-0.15, -0.1) is 0 Å². The lowest BCUT2D eigenvalue weighted by Gasteiger charge is -2.27. The highest BCUT2D eigenvalue weighted by Crippen LogP contribution is 2.25. The maximum atomic E-state index is 13.6. The van der Waals surface area contributed by atoms with Crippen LogP contribution in [-0.4, -0.2) is 12.5 Å². The minimum absolute atomic E-state index is 0.0290. The Morgan fingerprint density at radius 1 is 1.33 bits per heavy atom. The highest BCUT2D eigenvalue weighted by atomic mass is 127. The molecule has 0 aliphatic carbocycles. The van der Waals surface area contributed by atoms with Gasteiger partial charge in [0.15, 0.2) is 0 Å². The third-order valence-electron chi connectivity index (χ3n) is 2.52. The summed E-state index contributed by atoms with van der Waals surface area (Å²) < 4.78 is 14.5. The maximum Gasteiger partial charge on any atom is 0.227 e. The predicted molar refractivity (Wildman–Crippen MR) is 65.3 cm³/mol. The fraction of sp³-hybridized carbons (Fsp3) is 0.364. The van der Waals surface area contributed by atoms with Crippen LogP contribution in [0.15, 0.2) is 18.2 Å². The lowest BCUT2D eigenvalue weighted by molar-refractivity contribution is -0.119. The van der Waals surface area contributed by atoms with Gasteiger partial charge >= 0.3 is 0 Å². The molecule has 1 heterocycles. The van der Waals surface area contributed by atoms with Gasteiger partial charge in [-0.1, -0.05) is 0 Å². The maximum absolute atomic E-state index is 13.6. The van der Waals surface area contributed by atoms with E-state index in [2.05, 4.69) is 22.6 Å². The minimum atomic E-state index is -0.308. The van der Waals surface area contributed by atoms with E-state index < -0.39 is 0 Å². The topological polar surface area (TPSA) is 20.3 Å². The van der Waals surface area contributed by atoms with Crippen LogP contribution in [0, 0.1) is 9.39 Å². The normalized spacial score (nSPS) is 16.9. The Balaban J connectivity index is 2.31. The summed E-state index contributed by atoms with van der Waals surface area (Å²) in [4.78, 5) is 13.1. The molecule has 2 nitrogen and oxygen atoms in total. The predicted octanol–water partition coefficient (Wildman–Crippen LogP) is 2.95. The van der Waals surface area contributed by atoms with Crippen molar-refractivity contribution in [1.29, 1.82) is 0 Å². The van der Waals surface area contributed by atoms with Gasteiger partial charge in [0.1, 0.15) is 5.82 Å². The smallest absolute Gasteiger partial charge is 0.227 e. The highest BCUT2D eigenvalue weighted by Gasteiger charge is 2.21. The van der Waals surface area contributed by atoms with Crippen LogP contribution >= 0.6 is 22.6 Å². The summed E-state index contributed by atoms with van der Waals surface area (Å²) in [5.74, 6) is -0.279. The zero-order valence-electron chi connectivity index (χ0n) is 8.17. The second-order valence-electron chi connectivity index (χ2n) is 3.60. The quantitative estimate of drug-likeness (QED) is 0.729. The molecule has 80 valence electrons. The fourth-order valence-corrected chi connectivity index (χ4v) is 2.21. The number of rotatable bonds is 1. The van der Waals surface area contributed by atoms with Crippen LogP contribution in [0.25, 0.3) is 0 Å². The van der Waals surface area contributed by atoms with Crippen molar-refractivity contribution in [2.75, 3.05) is 11.4 Å². The fourth-order valence-electron chi connectivity index (χ4n) is 1.76. The van der Waals surface area contributed by atoms with E-state index in [1.165, 1.54) is 6.07 Å². The van der Waals surface area contributed by atoms with Crippen LogP contribution in [0.2, 0.25) is 0 Å². The molecule has 1 aromatic rings. The molecule has 1 aliphatic rings. The van der Waals surface area contributed by atoms with E-state index in [-0.39, 0.29) is 11.7 Å². The second kappa shape index (κ2) is 4.47. The van der Waals surface area contributed by atoms with Crippen molar-refractivity contribution in [2.45, 2.75) is 19.3 Å². The number of carbonyl (C=O) groups excluding carboxylic acids is 1. The summed E-state index contributed by atoms with van der Waals surface area (Å²) in [5, 5.41) is 0. The molecule has 0 saturated carbocycles. The molecule has 0 bridgehead atoms. The van der Waals surface area contributed by atoms with Gasteiger partial charge in [0.2, 0.25) is 5.91 Å². The SMILES string of the molecule is O=C1CCCCN1c1ccc(I)cc1F. The number of piperidine rings is 1. The molecule has 1 aromatic carbocycles. The van der Waals surface area contributed by atoms with Crippen LogP contribution in [0.1, 0.15) is 19.3 Å². The molecule has 0 spiro atoms. The van der Waals surface area contributed by atoms with Crippen molar-refractivity contribution in [3.63, 3.8) is 0 Å². The van der Waals surface area contributed by atoms with Crippen molar-refractivity contribution in [3.8, 4) is 0 Å². The van der Waals surface area contributed by atoms with Crippen LogP contribution < -0.4 is 4.90 Å². The van der Waals surface area contributed by atoms with Crippen molar-refractivity contribution >= 4 is 34.2 Å². The summed E-state index contributed by atoms with van der Waals surface area (Å²) in [7, 11) is 0. The second-order valence-corrected chi connectivity index (χ2v) is 4.84. The molecule has 0 radical (unpaired) electrons. The first-order chi connectivity index (χ1) is 7.18. The number of carbonyl (C=O) groups is 1. The molecule has 0 aromatic heterocycles. The van der Waals surface area contributed by atoms with Crippen LogP contribution in [0.5, 0.6) is 0 Å². The standard InChI is InChI=1S/C11H11FINO/c12-9-7-8(13)4-5-10(9)14-6-2-1-3-11(14)15/h4-5,7H,1-3,6H2. The van der Waals surface area contributed by atoms with E-state index in [0.717, 1.165) is 16.4 Å². The third kappa shape index (κ3) is 2.30. The molecule has 0 atom stereocenters. The molecular weight excluding hydrogens is 308 g/mol. The van der Waals surface area contributed by atoms with E-state index >= 15 is 0 Å². The lowest BCUT2D eigenvalue weighted by Crippen LogP contribution is -2.35. The van der Waals surface area contributed by atoms with Gasteiger partial charge in [-0.2, -0.15) is 0 Å². The number of amides is 1. The van der Waals surface area contributed by atoms with Crippen LogP contribution in [0.3, 0.4) is 0 Å². The van der Waals surface area contributed by atoms with Gasteiger partial charge < -0.3 is 4.90 Å². The monoisotopic (exact) mass is 319 g/mol. The van der Waals surface area contributed by atoms with Crippen molar-refractivity contribution in [1.82, 2.24) is 0 Å². The average molecular weight is 319 g/mol. The first-order valence-corrected chi connectivity index (χ1v) is 6.02. The summed E-state index contributed by atoms with van der Waals surface area (Å²) in [6.07, 6.45) is 2.41. The number of anilines is 1. The molecule has 1 amide bonds. The van der Waals surface area contributed by atoms with E-state index in [1.807, 2.05) is 6.07 Å². The summed E-state index contributed by atoms with van der Waals surface area (Å²) >= 11 is 2.05. The molecule has 1 saturated heterocycles. The lowest BCUT2D eigenvalue weighted by atomic mass is 10.1. The molecule has 4 heteroatoms. The Morgan fingerprint density at radius 2 is 2.13 bits per heavy atom. The number of halogens is 2. The van der Waals surface area contributed by atoms with Crippen LogP contribution in [0.4, 0.5) is 10.1 Å². The number of hydrogen-bond acceptors (Lipinski definition) is 1. The molecule has 0 unspecified atom stereocenters. The average Bonchev–Trinajstić information content (AvgIpc) is 2.20. The van der Waals surface area contributed by atoms with Crippen molar-refractivity contribution < 1.29 is 9.18 Å². The molecular formula is C11H11FINO. The van der Waals surface area contributed by atoms with E-state index in [1.54, 1.807) is 11.0 Å². The molecule has 15 heavy (non-hydrogen) atoms. The van der Waals surface area contributed by atoms with Crippen molar-refractivity contribution in [3.05, 3.63) is 27.6 Å². The Hall–Kier alpha value is -0.650. The highest BCUT2D eigenvalue weighted by molar-refractivity contribution is 14.1. The largest absolute Gasteiger partial charge is 0.310 e. The minimum Gasteiger partial charge on any atom is -0.310 e. The van der Waals surface area contributed by atoms with E-state index in [4.69, 9.17) is 0 Å². The number of nitrogens with zero attached hydrogens (tertiary/aromatic N) is 1. The Kier molecular flexibility index (Phi) is 3.23. The zero-order valence-corrected chi connectivity index (χ0v) is 10.3. The summed E-state index contributed by atoms with van der Waals surface area (Å²) in [6.45, 7) is 0.635. The van der Waals surface area contributed by atoms with Crippen LogP contribution in [-0.2, 0) is 4.79 Å². The summed E-state index contributed by atoms with van der Waals surface area (Å²) in [5.41, 5.74) is 0.417. The Bertz CT molecular complexity index is 394.